The highest BCUT2D eigenvalue weighted by molar-refractivity contribution is 8.18. The number of nitrogens with zero attached hydrogens (tertiary/aromatic N) is 2. The Labute approximate surface area is 142 Å². The van der Waals surface area contributed by atoms with Crippen LogP contribution in [0, 0.1) is 0 Å². The molecule has 6 nitrogen and oxygen atoms in total. The van der Waals surface area contributed by atoms with Crippen LogP contribution in [0.15, 0.2) is 35.4 Å². The number of fused-ring (bicyclic) bond motifs is 1. The molecule has 1 aliphatic rings. The van der Waals surface area contributed by atoms with Crippen LogP contribution in [0.25, 0.3) is 17.0 Å². The van der Waals surface area contributed by atoms with E-state index >= 15 is 0 Å². The molecular formula is C17H16N2O4S. The first-order valence-electron chi connectivity index (χ1n) is 7.56. The van der Waals surface area contributed by atoms with E-state index in [9.17, 15) is 14.4 Å². The van der Waals surface area contributed by atoms with E-state index in [0.29, 0.717) is 17.9 Å². The van der Waals surface area contributed by atoms with Crippen LogP contribution in [-0.4, -0.2) is 38.2 Å². The molecule has 0 saturated carbocycles. The van der Waals surface area contributed by atoms with E-state index in [-0.39, 0.29) is 17.7 Å². The first-order chi connectivity index (χ1) is 11.5. The molecule has 1 aliphatic heterocycles. The van der Waals surface area contributed by atoms with Crippen molar-refractivity contribution in [2.45, 2.75) is 19.9 Å². The van der Waals surface area contributed by atoms with Gasteiger partial charge in [0.1, 0.15) is 6.54 Å². The number of carbonyl (C=O) groups is 3. The minimum absolute atomic E-state index is 0.161. The van der Waals surface area contributed by atoms with Crippen molar-refractivity contribution in [1.29, 1.82) is 0 Å². The number of carboxylic acid groups (broad SMARTS) is 1. The van der Waals surface area contributed by atoms with Gasteiger partial charge in [-0.2, -0.15) is 0 Å². The van der Waals surface area contributed by atoms with Crippen molar-refractivity contribution in [1.82, 2.24) is 9.47 Å². The molecule has 0 atom stereocenters. The fourth-order valence-corrected chi connectivity index (χ4v) is 3.58. The number of amides is 2. The SMILES string of the molecule is CCCN1C(=O)S/C(=C\c2cn(CC(=O)O)c3ccccc23)C1=O. The lowest BCUT2D eigenvalue weighted by molar-refractivity contribution is -0.137. The number of carboxylic acids is 1. The Kier molecular flexibility index (Phi) is 4.44. The summed E-state index contributed by atoms with van der Waals surface area (Å²) in [6.07, 6.45) is 4.08. The summed E-state index contributed by atoms with van der Waals surface area (Å²) in [6.45, 7) is 2.15. The quantitative estimate of drug-likeness (QED) is 0.843. The maximum Gasteiger partial charge on any atom is 0.323 e. The maximum absolute atomic E-state index is 12.3. The zero-order valence-corrected chi connectivity index (χ0v) is 13.9. The van der Waals surface area contributed by atoms with Gasteiger partial charge in [-0.1, -0.05) is 25.1 Å². The molecule has 1 aromatic carbocycles. The molecular weight excluding hydrogens is 328 g/mol. The first kappa shape index (κ1) is 16.3. The summed E-state index contributed by atoms with van der Waals surface area (Å²) in [5.74, 6) is -1.23. The molecule has 1 fully saturated rings. The molecule has 1 N–H and O–H groups in total. The van der Waals surface area contributed by atoms with Crippen LogP contribution in [0.2, 0.25) is 0 Å². The van der Waals surface area contributed by atoms with Crippen LogP contribution >= 0.6 is 11.8 Å². The lowest BCUT2D eigenvalue weighted by Gasteiger charge is -2.09. The predicted octanol–water partition coefficient (Wildman–Crippen LogP) is 3.17. The molecule has 0 aliphatic carbocycles. The van der Waals surface area contributed by atoms with Gasteiger partial charge in [0.2, 0.25) is 0 Å². The van der Waals surface area contributed by atoms with Crippen LogP contribution in [-0.2, 0) is 16.1 Å². The number of para-hydroxylation sites is 1. The van der Waals surface area contributed by atoms with Gasteiger partial charge in [-0.3, -0.25) is 19.3 Å². The van der Waals surface area contributed by atoms with Crippen molar-refractivity contribution in [2.75, 3.05) is 6.54 Å². The number of imide groups is 1. The second-order valence-corrected chi connectivity index (χ2v) is 6.45. The van der Waals surface area contributed by atoms with Crippen LogP contribution in [0.1, 0.15) is 18.9 Å². The lowest BCUT2D eigenvalue weighted by atomic mass is 10.1. The molecule has 7 heteroatoms. The van der Waals surface area contributed by atoms with Gasteiger partial charge in [-0.05, 0) is 30.3 Å². The molecule has 0 unspecified atom stereocenters. The molecule has 0 bridgehead atoms. The Balaban J connectivity index is 2.03. The van der Waals surface area contributed by atoms with Crippen LogP contribution in [0.4, 0.5) is 4.79 Å². The van der Waals surface area contributed by atoms with E-state index < -0.39 is 5.97 Å². The molecule has 2 heterocycles. The topological polar surface area (TPSA) is 79.6 Å². The maximum atomic E-state index is 12.3. The Morgan fingerprint density at radius 2 is 2.04 bits per heavy atom. The number of carbonyl (C=O) groups excluding carboxylic acids is 2. The highest BCUT2D eigenvalue weighted by atomic mass is 32.2. The smallest absolute Gasteiger partial charge is 0.323 e. The minimum Gasteiger partial charge on any atom is -0.480 e. The Morgan fingerprint density at radius 1 is 1.29 bits per heavy atom. The summed E-state index contributed by atoms with van der Waals surface area (Å²) in [4.78, 5) is 36.9. The Hall–Kier alpha value is -2.54. The standard InChI is InChI=1S/C17H16N2O4S/c1-2-7-19-16(22)14(24-17(19)23)8-11-9-18(10-15(20)21)13-6-4-3-5-12(11)13/h3-6,8-9H,2,7,10H2,1H3,(H,20,21)/b14-8-. The van der Waals surface area contributed by atoms with Crippen molar-refractivity contribution in [3.8, 4) is 0 Å². The summed E-state index contributed by atoms with van der Waals surface area (Å²) in [7, 11) is 0. The van der Waals surface area contributed by atoms with Gasteiger partial charge in [0.15, 0.2) is 0 Å². The first-order valence-corrected chi connectivity index (χ1v) is 8.38. The summed E-state index contributed by atoms with van der Waals surface area (Å²) in [5, 5.41) is 9.63. The van der Waals surface area contributed by atoms with Crippen LogP contribution < -0.4 is 0 Å². The number of aliphatic carboxylic acids is 1. The monoisotopic (exact) mass is 344 g/mol. The molecule has 1 aromatic heterocycles. The van der Waals surface area contributed by atoms with E-state index in [2.05, 4.69) is 0 Å². The van der Waals surface area contributed by atoms with Crippen LogP contribution in [0.5, 0.6) is 0 Å². The number of benzene rings is 1. The molecule has 0 spiro atoms. The molecule has 2 amide bonds. The fraction of sp³-hybridized carbons (Fsp3) is 0.235. The van der Waals surface area contributed by atoms with Crippen molar-refractivity contribution < 1.29 is 19.5 Å². The number of aromatic nitrogens is 1. The van der Waals surface area contributed by atoms with Gasteiger partial charge in [0, 0.05) is 29.2 Å². The van der Waals surface area contributed by atoms with Crippen molar-refractivity contribution in [3.63, 3.8) is 0 Å². The molecule has 1 saturated heterocycles. The van der Waals surface area contributed by atoms with E-state index in [1.807, 2.05) is 31.2 Å². The van der Waals surface area contributed by atoms with Crippen molar-refractivity contribution in [3.05, 3.63) is 40.9 Å². The largest absolute Gasteiger partial charge is 0.480 e. The molecule has 24 heavy (non-hydrogen) atoms. The van der Waals surface area contributed by atoms with E-state index in [4.69, 9.17) is 5.11 Å². The minimum atomic E-state index is -0.939. The van der Waals surface area contributed by atoms with E-state index in [1.165, 1.54) is 4.90 Å². The lowest BCUT2D eigenvalue weighted by Crippen LogP contribution is -2.28. The fourth-order valence-electron chi connectivity index (χ4n) is 2.72. The summed E-state index contributed by atoms with van der Waals surface area (Å²) < 4.78 is 1.62. The van der Waals surface area contributed by atoms with E-state index in [0.717, 1.165) is 28.2 Å². The van der Waals surface area contributed by atoms with Gasteiger partial charge >= 0.3 is 5.97 Å². The molecule has 0 radical (unpaired) electrons. The number of hydrogen-bond acceptors (Lipinski definition) is 4. The summed E-state index contributed by atoms with van der Waals surface area (Å²) in [6, 6.07) is 7.39. The zero-order valence-electron chi connectivity index (χ0n) is 13.1. The van der Waals surface area contributed by atoms with Gasteiger partial charge < -0.3 is 9.67 Å². The zero-order chi connectivity index (χ0) is 17.3. The third-order valence-electron chi connectivity index (χ3n) is 3.73. The normalized spacial score (nSPS) is 16.5. The summed E-state index contributed by atoms with van der Waals surface area (Å²) >= 11 is 0.921. The van der Waals surface area contributed by atoms with Gasteiger partial charge in [0.05, 0.1) is 4.91 Å². The third kappa shape index (κ3) is 2.94. The average Bonchev–Trinajstić information content (AvgIpc) is 3.01. The highest BCUT2D eigenvalue weighted by Gasteiger charge is 2.34. The van der Waals surface area contributed by atoms with Crippen LogP contribution in [0.3, 0.4) is 0 Å². The molecule has 124 valence electrons. The van der Waals surface area contributed by atoms with Crippen molar-refractivity contribution in [2.24, 2.45) is 0 Å². The summed E-state index contributed by atoms with van der Waals surface area (Å²) in [5.41, 5.74) is 1.51. The number of thioether (sulfide) groups is 1. The number of rotatable bonds is 5. The second-order valence-electron chi connectivity index (χ2n) is 5.46. The van der Waals surface area contributed by atoms with Gasteiger partial charge in [-0.25, -0.2) is 0 Å². The Morgan fingerprint density at radius 3 is 2.75 bits per heavy atom. The average molecular weight is 344 g/mol. The highest BCUT2D eigenvalue weighted by Crippen LogP contribution is 2.34. The molecule has 2 aromatic rings. The predicted molar refractivity (Wildman–Crippen MR) is 92.5 cm³/mol. The second kappa shape index (κ2) is 6.52. The third-order valence-corrected chi connectivity index (χ3v) is 4.64. The van der Waals surface area contributed by atoms with E-state index in [1.54, 1.807) is 16.8 Å². The van der Waals surface area contributed by atoms with Gasteiger partial charge in [0.25, 0.3) is 11.1 Å². The van der Waals surface area contributed by atoms with Crippen molar-refractivity contribution >= 4 is 45.9 Å². The molecule has 3 rings (SSSR count). The Bertz CT molecular complexity index is 869. The number of hydrogen-bond donors (Lipinski definition) is 1. The van der Waals surface area contributed by atoms with Gasteiger partial charge in [-0.15, -0.1) is 0 Å².